The summed E-state index contributed by atoms with van der Waals surface area (Å²) in [5.74, 6) is -0.0431. The first-order chi connectivity index (χ1) is 11.9. The third-order valence-corrected chi connectivity index (χ3v) is 5.85. The van der Waals surface area contributed by atoms with E-state index in [-0.39, 0.29) is 35.3 Å². The number of hydrogen-bond acceptors (Lipinski definition) is 6. The second-order valence-corrected chi connectivity index (χ2v) is 7.87. The number of ether oxygens (including phenoxy) is 1. The average molecular weight is 408 g/mol. The molecular weight excluding hydrogens is 382 g/mol. The SMILES string of the molecule is COc1cc([N+](=O)[O-])ccc1S(=O)(=O)NCCNC1CCCCCC1.Cl. The van der Waals surface area contributed by atoms with Crippen LogP contribution in [0.2, 0.25) is 0 Å². The molecule has 0 heterocycles. The smallest absolute Gasteiger partial charge is 0.273 e. The van der Waals surface area contributed by atoms with Crippen molar-refractivity contribution >= 4 is 28.1 Å². The number of benzene rings is 1. The van der Waals surface area contributed by atoms with Crippen LogP contribution in [-0.2, 0) is 10.0 Å². The lowest BCUT2D eigenvalue weighted by atomic mass is 10.1. The van der Waals surface area contributed by atoms with Crippen LogP contribution >= 0.6 is 12.4 Å². The Morgan fingerprint density at radius 1 is 1.19 bits per heavy atom. The summed E-state index contributed by atoms with van der Waals surface area (Å²) in [7, 11) is -2.51. The second-order valence-electron chi connectivity index (χ2n) is 6.13. The van der Waals surface area contributed by atoms with Crippen molar-refractivity contribution in [2.75, 3.05) is 20.2 Å². The molecule has 0 aromatic heterocycles. The van der Waals surface area contributed by atoms with E-state index in [9.17, 15) is 18.5 Å². The summed E-state index contributed by atoms with van der Waals surface area (Å²) in [6.45, 7) is 0.790. The number of nitrogens with zero attached hydrogens (tertiary/aromatic N) is 1. The summed E-state index contributed by atoms with van der Waals surface area (Å²) < 4.78 is 32.3. The maximum absolute atomic E-state index is 12.4. The third-order valence-electron chi connectivity index (χ3n) is 4.35. The van der Waals surface area contributed by atoms with Crippen LogP contribution in [0.25, 0.3) is 0 Å². The second kappa shape index (κ2) is 10.7. The fourth-order valence-corrected chi connectivity index (χ4v) is 4.20. The van der Waals surface area contributed by atoms with Crippen LogP contribution in [0.3, 0.4) is 0 Å². The number of methoxy groups -OCH3 is 1. The summed E-state index contributed by atoms with van der Waals surface area (Å²) >= 11 is 0. The molecule has 0 radical (unpaired) electrons. The largest absolute Gasteiger partial charge is 0.495 e. The Hall–Kier alpha value is -1.42. The van der Waals surface area contributed by atoms with Crippen LogP contribution < -0.4 is 14.8 Å². The Morgan fingerprint density at radius 2 is 1.85 bits per heavy atom. The van der Waals surface area contributed by atoms with E-state index in [0.29, 0.717) is 12.6 Å². The number of nitro benzene ring substituents is 1. The fourth-order valence-electron chi connectivity index (χ4n) is 3.01. The van der Waals surface area contributed by atoms with Gasteiger partial charge in [0, 0.05) is 25.2 Å². The van der Waals surface area contributed by atoms with E-state index < -0.39 is 14.9 Å². The number of nitro groups is 1. The molecule has 0 unspecified atom stereocenters. The van der Waals surface area contributed by atoms with Crippen LogP contribution in [0.4, 0.5) is 5.69 Å². The van der Waals surface area contributed by atoms with Gasteiger partial charge < -0.3 is 10.1 Å². The highest BCUT2D eigenvalue weighted by molar-refractivity contribution is 7.89. The summed E-state index contributed by atoms with van der Waals surface area (Å²) in [5, 5.41) is 14.2. The first-order valence-electron chi connectivity index (χ1n) is 8.49. The summed E-state index contributed by atoms with van der Waals surface area (Å²) in [6.07, 6.45) is 7.22. The number of non-ortho nitro benzene ring substituents is 1. The molecule has 0 atom stereocenters. The molecule has 26 heavy (non-hydrogen) atoms. The predicted octanol–water partition coefficient (Wildman–Crippen LogP) is 2.62. The molecule has 8 nitrogen and oxygen atoms in total. The molecule has 1 fully saturated rings. The number of nitrogens with one attached hydrogen (secondary N) is 2. The van der Waals surface area contributed by atoms with Gasteiger partial charge in [-0.15, -0.1) is 12.4 Å². The van der Waals surface area contributed by atoms with Crippen LogP contribution in [0.5, 0.6) is 5.75 Å². The molecule has 0 saturated heterocycles. The van der Waals surface area contributed by atoms with E-state index >= 15 is 0 Å². The lowest BCUT2D eigenvalue weighted by Gasteiger charge is -2.16. The van der Waals surface area contributed by atoms with Crippen LogP contribution in [0.15, 0.2) is 23.1 Å². The van der Waals surface area contributed by atoms with Gasteiger partial charge in [-0.1, -0.05) is 25.7 Å². The average Bonchev–Trinajstić information content (AvgIpc) is 2.87. The minimum absolute atomic E-state index is 0. The van der Waals surface area contributed by atoms with Gasteiger partial charge in [0.2, 0.25) is 10.0 Å². The van der Waals surface area contributed by atoms with E-state index in [1.807, 2.05) is 0 Å². The Labute approximate surface area is 160 Å². The van der Waals surface area contributed by atoms with E-state index in [0.717, 1.165) is 25.0 Å². The van der Waals surface area contributed by atoms with E-state index in [4.69, 9.17) is 4.74 Å². The lowest BCUT2D eigenvalue weighted by molar-refractivity contribution is -0.385. The zero-order chi connectivity index (χ0) is 18.3. The zero-order valence-electron chi connectivity index (χ0n) is 14.8. The first kappa shape index (κ1) is 22.6. The van der Waals surface area contributed by atoms with E-state index in [2.05, 4.69) is 10.0 Å². The molecule has 1 aromatic carbocycles. The molecule has 0 bridgehead atoms. The van der Waals surface area contributed by atoms with Crippen LogP contribution in [0.1, 0.15) is 38.5 Å². The molecule has 1 aromatic rings. The molecule has 1 aliphatic carbocycles. The minimum atomic E-state index is -3.79. The molecule has 1 aliphatic rings. The van der Waals surface area contributed by atoms with Crippen molar-refractivity contribution in [3.05, 3.63) is 28.3 Å². The topological polar surface area (TPSA) is 111 Å². The molecule has 0 spiro atoms. The number of rotatable bonds is 8. The van der Waals surface area contributed by atoms with Gasteiger partial charge in [0.25, 0.3) is 5.69 Å². The van der Waals surface area contributed by atoms with Gasteiger partial charge in [0.1, 0.15) is 10.6 Å². The molecule has 1 saturated carbocycles. The number of halogens is 1. The monoisotopic (exact) mass is 407 g/mol. The van der Waals surface area contributed by atoms with Crippen molar-refractivity contribution in [2.45, 2.75) is 49.5 Å². The highest BCUT2D eigenvalue weighted by atomic mass is 35.5. The predicted molar refractivity (Wildman–Crippen MR) is 102 cm³/mol. The summed E-state index contributed by atoms with van der Waals surface area (Å²) in [5.41, 5.74) is -0.217. The molecular formula is C16H26ClN3O5S. The van der Waals surface area contributed by atoms with E-state index in [1.54, 1.807) is 0 Å². The van der Waals surface area contributed by atoms with Crippen molar-refractivity contribution < 1.29 is 18.1 Å². The molecule has 2 N–H and O–H groups in total. The lowest BCUT2D eigenvalue weighted by Crippen LogP contribution is -2.36. The van der Waals surface area contributed by atoms with Crippen molar-refractivity contribution in [1.82, 2.24) is 10.0 Å². The summed E-state index contributed by atoms with van der Waals surface area (Å²) in [6, 6.07) is 3.90. The van der Waals surface area contributed by atoms with Crippen LogP contribution in [0, 0.1) is 10.1 Å². The Bertz CT molecular complexity index is 691. The molecule has 10 heteroatoms. The number of hydrogen-bond donors (Lipinski definition) is 2. The van der Waals surface area contributed by atoms with Gasteiger partial charge in [-0.2, -0.15) is 0 Å². The summed E-state index contributed by atoms with van der Waals surface area (Å²) in [4.78, 5) is 10.1. The van der Waals surface area contributed by atoms with Gasteiger partial charge in [0.15, 0.2) is 0 Å². The maximum Gasteiger partial charge on any atom is 0.273 e. The molecule has 2 rings (SSSR count). The molecule has 0 aliphatic heterocycles. The van der Waals surface area contributed by atoms with Gasteiger partial charge >= 0.3 is 0 Å². The maximum atomic E-state index is 12.4. The Morgan fingerprint density at radius 3 is 2.42 bits per heavy atom. The quantitative estimate of drug-likeness (QED) is 0.296. The number of sulfonamides is 1. The molecule has 0 amide bonds. The van der Waals surface area contributed by atoms with Gasteiger partial charge in [-0.25, -0.2) is 13.1 Å². The van der Waals surface area contributed by atoms with E-state index in [1.165, 1.54) is 38.9 Å². The van der Waals surface area contributed by atoms with Crippen LogP contribution in [-0.4, -0.2) is 39.6 Å². The van der Waals surface area contributed by atoms with Gasteiger partial charge in [-0.3, -0.25) is 10.1 Å². The van der Waals surface area contributed by atoms with Crippen molar-refractivity contribution in [3.63, 3.8) is 0 Å². The first-order valence-corrected chi connectivity index (χ1v) is 9.98. The highest BCUT2D eigenvalue weighted by Gasteiger charge is 2.22. The fraction of sp³-hybridized carbons (Fsp3) is 0.625. The Balaban J connectivity index is 0.00000338. The standard InChI is InChI=1S/C16H25N3O5S.ClH/c1-24-15-12-14(19(20)21)8-9-16(15)25(22,23)18-11-10-17-13-6-4-2-3-5-7-13;/h8-9,12-13,17-18H,2-7,10-11H2,1H3;1H. The normalized spacial score (nSPS) is 15.7. The minimum Gasteiger partial charge on any atom is -0.495 e. The highest BCUT2D eigenvalue weighted by Crippen LogP contribution is 2.28. The molecule has 148 valence electrons. The van der Waals surface area contributed by atoms with Gasteiger partial charge in [-0.05, 0) is 18.9 Å². The zero-order valence-corrected chi connectivity index (χ0v) is 16.4. The van der Waals surface area contributed by atoms with Gasteiger partial charge in [0.05, 0.1) is 18.1 Å². The third kappa shape index (κ3) is 6.39. The Kier molecular flexibility index (Phi) is 9.28. The van der Waals surface area contributed by atoms with Crippen molar-refractivity contribution in [3.8, 4) is 5.75 Å². The van der Waals surface area contributed by atoms with Crippen molar-refractivity contribution in [1.29, 1.82) is 0 Å². The van der Waals surface area contributed by atoms with Crippen molar-refractivity contribution in [2.24, 2.45) is 0 Å².